The number of amides is 2. The van der Waals surface area contributed by atoms with Crippen LogP contribution < -0.4 is 0 Å². The molecule has 6 nitrogen and oxygen atoms in total. The van der Waals surface area contributed by atoms with Gasteiger partial charge in [0, 0.05) is 26.7 Å². The highest BCUT2D eigenvalue weighted by atomic mass is 16.4. The zero-order valence-electron chi connectivity index (χ0n) is 10.7. The molecule has 1 atom stereocenters. The van der Waals surface area contributed by atoms with Crippen molar-refractivity contribution in [3.63, 3.8) is 0 Å². The van der Waals surface area contributed by atoms with Crippen LogP contribution in [0, 0.1) is 0 Å². The Labute approximate surface area is 102 Å². The first-order valence-electron chi connectivity index (χ1n) is 5.82. The molecule has 1 heterocycles. The number of aliphatic carboxylic acids is 1. The first-order valence-corrected chi connectivity index (χ1v) is 5.82. The molecule has 0 aromatic heterocycles. The van der Waals surface area contributed by atoms with E-state index in [-0.39, 0.29) is 6.03 Å². The zero-order valence-corrected chi connectivity index (χ0v) is 10.7. The Bertz CT molecular complexity index is 294. The maximum Gasteiger partial charge on any atom is 0.326 e. The Kier molecular flexibility index (Phi) is 4.74. The maximum atomic E-state index is 12.0. The molecular weight excluding hydrogens is 222 g/mol. The molecule has 1 saturated heterocycles. The number of nitrogens with zero attached hydrogens (tertiary/aromatic N) is 3. The first-order chi connectivity index (χ1) is 7.93. The molecule has 17 heavy (non-hydrogen) atoms. The number of carboxylic acids is 1. The summed E-state index contributed by atoms with van der Waals surface area (Å²) in [5.74, 6) is -0.906. The molecular formula is C11H21N3O3. The second kappa shape index (κ2) is 5.86. The van der Waals surface area contributed by atoms with Crippen molar-refractivity contribution < 1.29 is 14.7 Å². The van der Waals surface area contributed by atoms with Crippen molar-refractivity contribution in [3.05, 3.63) is 0 Å². The smallest absolute Gasteiger partial charge is 0.326 e. The number of carbonyl (C=O) groups is 2. The third-order valence-electron chi connectivity index (χ3n) is 2.99. The van der Waals surface area contributed by atoms with Gasteiger partial charge in [-0.15, -0.1) is 0 Å². The highest BCUT2D eigenvalue weighted by Gasteiger charge is 2.35. The predicted octanol–water partition coefficient (Wildman–Crippen LogP) is 0.149. The molecule has 1 fully saturated rings. The summed E-state index contributed by atoms with van der Waals surface area (Å²) < 4.78 is 0. The fourth-order valence-electron chi connectivity index (χ4n) is 1.92. The van der Waals surface area contributed by atoms with E-state index in [9.17, 15) is 9.59 Å². The van der Waals surface area contributed by atoms with E-state index in [1.54, 1.807) is 11.9 Å². The van der Waals surface area contributed by atoms with Gasteiger partial charge in [-0.1, -0.05) is 0 Å². The molecule has 1 rings (SSSR count). The molecule has 1 aliphatic rings. The second-order valence-corrected chi connectivity index (χ2v) is 4.70. The molecule has 1 unspecified atom stereocenters. The Morgan fingerprint density at radius 2 is 1.94 bits per heavy atom. The minimum Gasteiger partial charge on any atom is -0.480 e. The average Bonchev–Trinajstić information content (AvgIpc) is 2.73. The van der Waals surface area contributed by atoms with Gasteiger partial charge in [0.1, 0.15) is 6.04 Å². The molecule has 98 valence electrons. The Morgan fingerprint density at radius 3 is 2.47 bits per heavy atom. The van der Waals surface area contributed by atoms with Crippen LogP contribution in [-0.2, 0) is 4.79 Å². The van der Waals surface area contributed by atoms with Gasteiger partial charge in [0.2, 0.25) is 0 Å². The number of hydrogen-bond donors (Lipinski definition) is 1. The monoisotopic (exact) mass is 243 g/mol. The fraction of sp³-hybridized carbons (Fsp3) is 0.818. The van der Waals surface area contributed by atoms with E-state index < -0.39 is 12.0 Å². The molecule has 6 heteroatoms. The molecule has 0 aromatic carbocycles. The Morgan fingerprint density at radius 1 is 1.29 bits per heavy atom. The van der Waals surface area contributed by atoms with Crippen molar-refractivity contribution in [2.75, 3.05) is 40.8 Å². The van der Waals surface area contributed by atoms with Gasteiger partial charge in [0.05, 0.1) is 0 Å². The van der Waals surface area contributed by atoms with E-state index in [0.29, 0.717) is 19.5 Å². The van der Waals surface area contributed by atoms with Crippen LogP contribution in [0.15, 0.2) is 0 Å². The van der Waals surface area contributed by atoms with Crippen LogP contribution in [0.3, 0.4) is 0 Å². The van der Waals surface area contributed by atoms with Gasteiger partial charge in [-0.3, -0.25) is 0 Å². The number of likely N-dealkylation sites (N-methyl/N-ethyl adjacent to an activating group) is 2. The molecule has 0 radical (unpaired) electrons. The van der Waals surface area contributed by atoms with Gasteiger partial charge in [-0.05, 0) is 26.9 Å². The van der Waals surface area contributed by atoms with Crippen molar-refractivity contribution in [1.29, 1.82) is 0 Å². The van der Waals surface area contributed by atoms with Gasteiger partial charge in [0.15, 0.2) is 0 Å². The summed E-state index contributed by atoms with van der Waals surface area (Å²) in [6, 6.07) is -0.832. The maximum absolute atomic E-state index is 12.0. The lowest BCUT2D eigenvalue weighted by atomic mass is 10.2. The van der Waals surface area contributed by atoms with Crippen LogP contribution >= 0.6 is 0 Å². The molecule has 1 aliphatic heterocycles. The first kappa shape index (κ1) is 13.8. The third kappa shape index (κ3) is 3.59. The highest BCUT2D eigenvalue weighted by Crippen LogP contribution is 2.18. The van der Waals surface area contributed by atoms with Gasteiger partial charge in [-0.2, -0.15) is 0 Å². The van der Waals surface area contributed by atoms with Gasteiger partial charge in [-0.25, -0.2) is 9.59 Å². The minimum absolute atomic E-state index is 0.184. The lowest BCUT2D eigenvalue weighted by Gasteiger charge is -2.28. The summed E-state index contributed by atoms with van der Waals surface area (Å²) in [6.07, 6.45) is 1.33. The second-order valence-electron chi connectivity index (χ2n) is 4.70. The topological polar surface area (TPSA) is 64.1 Å². The van der Waals surface area contributed by atoms with Gasteiger partial charge < -0.3 is 19.8 Å². The fourth-order valence-corrected chi connectivity index (χ4v) is 1.92. The number of urea groups is 1. The lowest BCUT2D eigenvalue weighted by molar-refractivity contribution is -0.141. The quantitative estimate of drug-likeness (QED) is 0.763. The molecule has 0 aromatic rings. The number of carbonyl (C=O) groups excluding carboxylic acids is 1. The number of likely N-dealkylation sites (tertiary alicyclic amines) is 1. The van der Waals surface area contributed by atoms with Crippen molar-refractivity contribution in [2.45, 2.75) is 18.9 Å². The molecule has 0 saturated carbocycles. The van der Waals surface area contributed by atoms with E-state index in [1.807, 2.05) is 19.0 Å². The zero-order chi connectivity index (χ0) is 13.0. The average molecular weight is 243 g/mol. The van der Waals surface area contributed by atoms with Crippen LogP contribution in [0.4, 0.5) is 4.79 Å². The minimum atomic E-state index is -0.906. The van der Waals surface area contributed by atoms with Crippen molar-refractivity contribution >= 4 is 12.0 Å². The standard InChI is InChI=1S/C11H21N3O3/c1-12(2)7-8-13(3)11(17)14-6-4-5-9(14)10(15)16/h9H,4-8H2,1-3H3,(H,15,16). The summed E-state index contributed by atoms with van der Waals surface area (Å²) in [4.78, 5) is 28.1. The number of hydrogen-bond acceptors (Lipinski definition) is 3. The third-order valence-corrected chi connectivity index (χ3v) is 2.99. The highest BCUT2D eigenvalue weighted by molar-refractivity contribution is 5.83. The molecule has 1 N–H and O–H groups in total. The summed E-state index contributed by atoms with van der Waals surface area (Å²) in [5.41, 5.74) is 0. The molecule has 0 spiro atoms. The summed E-state index contributed by atoms with van der Waals surface area (Å²) in [5, 5.41) is 9.01. The van der Waals surface area contributed by atoms with E-state index in [1.165, 1.54) is 4.90 Å². The predicted molar refractivity (Wildman–Crippen MR) is 63.9 cm³/mol. The van der Waals surface area contributed by atoms with E-state index in [2.05, 4.69) is 0 Å². The summed E-state index contributed by atoms with van der Waals surface area (Å²) >= 11 is 0. The molecule has 2 amide bonds. The van der Waals surface area contributed by atoms with Crippen molar-refractivity contribution in [2.24, 2.45) is 0 Å². The SMILES string of the molecule is CN(C)CCN(C)C(=O)N1CCCC1C(=O)O. The van der Waals surface area contributed by atoms with E-state index >= 15 is 0 Å². The summed E-state index contributed by atoms with van der Waals surface area (Å²) in [7, 11) is 5.59. The summed E-state index contributed by atoms with van der Waals surface area (Å²) in [6.45, 7) is 1.92. The molecule has 0 aliphatic carbocycles. The van der Waals surface area contributed by atoms with Crippen LogP contribution in [0.25, 0.3) is 0 Å². The van der Waals surface area contributed by atoms with E-state index in [0.717, 1.165) is 13.0 Å². The van der Waals surface area contributed by atoms with Crippen molar-refractivity contribution in [3.8, 4) is 0 Å². The Balaban J connectivity index is 2.53. The van der Waals surface area contributed by atoms with E-state index in [4.69, 9.17) is 5.11 Å². The van der Waals surface area contributed by atoms with Gasteiger partial charge in [0.25, 0.3) is 0 Å². The van der Waals surface area contributed by atoms with Crippen LogP contribution in [-0.4, -0.2) is 78.6 Å². The van der Waals surface area contributed by atoms with Crippen molar-refractivity contribution in [1.82, 2.24) is 14.7 Å². The van der Waals surface area contributed by atoms with Crippen LogP contribution in [0.5, 0.6) is 0 Å². The van der Waals surface area contributed by atoms with Crippen LogP contribution in [0.1, 0.15) is 12.8 Å². The lowest BCUT2D eigenvalue weighted by Crippen LogP contribution is -2.48. The van der Waals surface area contributed by atoms with Gasteiger partial charge >= 0.3 is 12.0 Å². The number of rotatable bonds is 4. The molecule has 0 bridgehead atoms. The Hall–Kier alpha value is -1.30. The van der Waals surface area contributed by atoms with Crippen LogP contribution in [0.2, 0.25) is 0 Å². The normalized spacial score (nSPS) is 19.8. The largest absolute Gasteiger partial charge is 0.480 e. The number of carboxylic acid groups (broad SMARTS) is 1.